The van der Waals surface area contributed by atoms with Crippen molar-refractivity contribution in [3.8, 4) is 0 Å². The van der Waals surface area contributed by atoms with E-state index < -0.39 is 0 Å². The van der Waals surface area contributed by atoms with Crippen LogP contribution in [0.2, 0.25) is 0 Å². The number of aryl methyl sites for hydroxylation is 3. The number of aromatic nitrogens is 4. The fourth-order valence-corrected chi connectivity index (χ4v) is 3.69. The van der Waals surface area contributed by atoms with Crippen LogP contribution in [0, 0.1) is 13.8 Å². The number of rotatable bonds is 2. The van der Waals surface area contributed by atoms with Gasteiger partial charge in [-0.15, -0.1) is 0 Å². The Morgan fingerprint density at radius 1 is 1.24 bits per heavy atom. The van der Waals surface area contributed by atoms with Crippen molar-refractivity contribution in [1.82, 2.24) is 25.1 Å². The summed E-state index contributed by atoms with van der Waals surface area (Å²) < 4.78 is 5.84. The first-order valence-electron chi connectivity index (χ1n) is 8.91. The summed E-state index contributed by atoms with van der Waals surface area (Å²) in [6, 6.07) is 1.94. The Labute approximate surface area is 146 Å². The number of amides is 1. The third-order valence-electron chi connectivity index (χ3n) is 4.90. The molecule has 7 heteroatoms. The van der Waals surface area contributed by atoms with Gasteiger partial charge in [-0.05, 0) is 45.6 Å². The molecule has 2 aromatic heterocycles. The molecule has 0 radical (unpaired) electrons. The summed E-state index contributed by atoms with van der Waals surface area (Å²) in [5.41, 5.74) is 4.63. The van der Waals surface area contributed by atoms with Crippen molar-refractivity contribution in [2.24, 2.45) is 0 Å². The minimum atomic E-state index is -0.286. The molecule has 1 aliphatic heterocycles. The number of nitrogens with zero attached hydrogens (tertiary/aromatic N) is 4. The maximum atomic E-state index is 13.0. The zero-order valence-corrected chi connectivity index (χ0v) is 14.7. The summed E-state index contributed by atoms with van der Waals surface area (Å²) in [5.74, 6) is 0.635. The third-order valence-corrected chi connectivity index (χ3v) is 4.90. The summed E-state index contributed by atoms with van der Waals surface area (Å²) in [5, 5.41) is 7.36. The van der Waals surface area contributed by atoms with Gasteiger partial charge >= 0.3 is 0 Å². The zero-order valence-electron chi connectivity index (χ0n) is 14.7. The summed E-state index contributed by atoms with van der Waals surface area (Å²) in [6.45, 7) is 5.41. The van der Waals surface area contributed by atoms with Crippen LogP contribution in [-0.2, 0) is 17.6 Å². The molecular formula is C18H23N5O2. The van der Waals surface area contributed by atoms with Crippen LogP contribution < -0.4 is 0 Å². The molecule has 2 aromatic rings. The molecule has 2 aliphatic rings. The number of ether oxygens (including phenoxy) is 1. The van der Waals surface area contributed by atoms with E-state index in [0.29, 0.717) is 31.2 Å². The van der Waals surface area contributed by atoms with E-state index in [0.717, 1.165) is 48.3 Å². The second-order valence-corrected chi connectivity index (χ2v) is 6.86. The number of hydrogen-bond donors (Lipinski definition) is 1. The molecule has 25 heavy (non-hydrogen) atoms. The minimum absolute atomic E-state index is 0.0166. The van der Waals surface area contributed by atoms with Gasteiger partial charge in [0.1, 0.15) is 6.10 Å². The van der Waals surface area contributed by atoms with Gasteiger partial charge in [-0.2, -0.15) is 5.10 Å². The van der Waals surface area contributed by atoms with Gasteiger partial charge in [0.15, 0.2) is 11.5 Å². The SMILES string of the molecule is Cc1cc(C)nc(C2CN(C(=O)c3n[nH]c4c3CCCC4)CCO2)n1. The molecule has 0 aromatic carbocycles. The normalized spacial score (nSPS) is 20.4. The number of carbonyl (C=O) groups is 1. The maximum Gasteiger partial charge on any atom is 0.274 e. The van der Waals surface area contributed by atoms with Crippen molar-refractivity contribution in [2.75, 3.05) is 19.7 Å². The molecule has 1 unspecified atom stereocenters. The number of aromatic amines is 1. The lowest BCUT2D eigenvalue weighted by molar-refractivity contribution is -0.0271. The molecule has 1 fully saturated rings. The van der Waals surface area contributed by atoms with E-state index in [1.54, 1.807) is 0 Å². The lowest BCUT2D eigenvalue weighted by Crippen LogP contribution is -2.43. The van der Waals surface area contributed by atoms with Gasteiger partial charge in [0.25, 0.3) is 5.91 Å². The molecule has 0 spiro atoms. The molecule has 1 N–H and O–H groups in total. The van der Waals surface area contributed by atoms with Crippen molar-refractivity contribution in [3.63, 3.8) is 0 Å². The van der Waals surface area contributed by atoms with Crippen molar-refractivity contribution in [3.05, 3.63) is 40.2 Å². The van der Waals surface area contributed by atoms with Gasteiger partial charge in [-0.1, -0.05) is 0 Å². The molecule has 1 aliphatic carbocycles. The predicted octanol–water partition coefficient (Wildman–Crippen LogP) is 1.91. The molecule has 1 atom stereocenters. The van der Waals surface area contributed by atoms with Crippen LogP contribution in [0.25, 0.3) is 0 Å². The van der Waals surface area contributed by atoms with Crippen LogP contribution in [0.3, 0.4) is 0 Å². The van der Waals surface area contributed by atoms with Crippen molar-refractivity contribution in [1.29, 1.82) is 0 Å². The fourth-order valence-electron chi connectivity index (χ4n) is 3.69. The van der Waals surface area contributed by atoms with Gasteiger partial charge < -0.3 is 9.64 Å². The van der Waals surface area contributed by atoms with E-state index in [2.05, 4.69) is 20.2 Å². The molecule has 1 saturated heterocycles. The Morgan fingerprint density at radius 3 is 2.80 bits per heavy atom. The number of carbonyl (C=O) groups excluding carboxylic acids is 1. The van der Waals surface area contributed by atoms with Crippen LogP contribution in [0.1, 0.15) is 57.9 Å². The Morgan fingerprint density at radius 2 is 2.00 bits per heavy atom. The molecular weight excluding hydrogens is 318 g/mol. The number of fused-ring (bicyclic) bond motifs is 1. The van der Waals surface area contributed by atoms with Crippen LogP contribution >= 0.6 is 0 Å². The Kier molecular flexibility index (Phi) is 4.25. The average Bonchev–Trinajstić information content (AvgIpc) is 3.04. The molecule has 7 nitrogen and oxygen atoms in total. The highest BCUT2D eigenvalue weighted by atomic mass is 16.5. The van der Waals surface area contributed by atoms with Gasteiger partial charge in [0.2, 0.25) is 0 Å². The van der Waals surface area contributed by atoms with Crippen molar-refractivity contribution >= 4 is 5.91 Å². The lowest BCUT2D eigenvalue weighted by atomic mass is 9.95. The number of morpholine rings is 1. The zero-order chi connectivity index (χ0) is 17.4. The highest BCUT2D eigenvalue weighted by Gasteiger charge is 2.31. The maximum absolute atomic E-state index is 13.0. The van der Waals surface area contributed by atoms with Crippen LogP contribution in [0.4, 0.5) is 0 Å². The highest BCUT2D eigenvalue weighted by Crippen LogP contribution is 2.25. The summed E-state index contributed by atoms with van der Waals surface area (Å²) in [6.07, 6.45) is 3.91. The minimum Gasteiger partial charge on any atom is -0.367 e. The summed E-state index contributed by atoms with van der Waals surface area (Å²) in [4.78, 5) is 23.8. The van der Waals surface area contributed by atoms with E-state index in [-0.39, 0.29) is 12.0 Å². The van der Waals surface area contributed by atoms with Gasteiger partial charge in [0, 0.05) is 29.2 Å². The van der Waals surface area contributed by atoms with E-state index in [1.807, 2.05) is 24.8 Å². The predicted molar refractivity (Wildman–Crippen MR) is 91.3 cm³/mol. The van der Waals surface area contributed by atoms with E-state index in [9.17, 15) is 4.79 Å². The first-order chi connectivity index (χ1) is 12.1. The largest absolute Gasteiger partial charge is 0.367 e. The Bertz CT molecular complexity index is 781. The summed E-state index contributed by atoms with van der Waals surface area (Å²) in [7, 11) is 0. The molecule has 4 rings (SSSR count). The molecule has 132 valence electrons. The second-order valence-electron chi connectivity index (χ2n) is 6.86. The molecule has 0 bridgehead atoms. The monoisotopic (exact) mass is 341 g/mol. The van der Waals surface area contributed by atoms with Gasteiger partial charge in [0.05, 0.1) is 13.2 Å². The topological polar surface area (TPSA) is 84.0 Å². The Balaban J connectivity index is 1.55. The van der Waals surface area contributed by atoms with Crippen LogP contribution in [0.15, 0.2) is 6.07 Å². The highest BCUT2D eigenvalue weighted by molar-refractivity contribution is 5.94. The van der Waals surface area contributed by atoms with Crippen molar-refractivity contribution in [2.45, 2.75) is 45.6 Å². The van der Waals surface area contributed by atoms with E-state index in [4.69, 9.17) is 4.74 Å². The van der Waals surface area contributed by atoms with E-state index >= 15 is 0 Å². The first kappa shape index (κ1) is 16.2. The smallest absolute Gasteiger partial charge is 0.274 e. The number of nitrogens with one attached hydrogen (secondary N) is 1. The van der Waals surface area contributed by atoms with E-state index in [1.165, 1.54) is 0 Å². The molecule has 3 heterocycles. The number of hydrogen-bond acceptors (Lipinski definition) is 5. The molecule has 0 saturated carbocycles. The lowest BCUT2D eigenvalue weighted by Gasteiger charge is -2.32. The Hall–Kier alpha value is -2.28. The second kappa shape index (κ2) is 6.55. The van der Waals surface area contributed by atoms with Crippen LogP contribution in [0.5, 0.6) is 0 Å². The van der Waals surface area contributed by atoms with Crippen LogP contribution in [-0.4, -0.2) is 50.7 Å². The van der Waals surface area contributed by atoms with Crippen molar-refractivity contribution < 1.29 is 9.53 Å². The summed E-state index contributed by atoms with van der Waals surface area (Å²) >= 11 is 0. The first-order valence-corrected chi connectivity index (χ1v) is 8.91. The van der Waals surface area contributed by atoms with Gasteiger partial charge in [-0.25, -0.2) is 9.97 Å². The standard InChI is InChI=1S/C18H23N5O2/c1-11-9-12(2)20-17(19-11)15-10-23(7-8-25-15)18(24)16-13-5-3-4-6-14(13)21-22-16/h9,15H,3-8,10H2,1-2H3,(H,21,22). The quantitative estimate of drug-likeness (QED) is 0.902. The molecule has 1 amide bonds. The fraction of sp³-hybridized carbons (Fsp3) is 0.556. The van der Waals surface area contributed by atoms with Gasteiger partial charge in [-0.3, -0.25) is 9.89 Å². The number of H-pyrrole nitrogens is 1. The third kappa shape index (κ3) is 3.16. The average molecular weight is 341 g/mol.